The highest BCUT2D eigenvalue weighted by Gasteiger charge is 2.50. The Bertz CT molecular complexity index is 948. The molecule has 0 aromatic heterocycles. The van der Waals surface area contributed by atoms with Gasteiger partial charge in [0.05, 0.1) is 29.1 Å². The van der Waals surface area contributed by atoms with E-state index in [1.54, 1.807) is 12.1 Å². The number of piperidine rings is 1. The summed E-state index contributed by atoms with van der Waals surface area (Å²) in [5.74, 6) is -0.305. The molecule has 0 radical (unpaired) electrons. The fourth-order valence-corrected chi connectivity index (χ4v) is 5.92. The molecule has 31 heavy (non-hydrogen) atoms. The molecule has 0 bridgehead atoms. The maximum atomic E-state index is 15.0. The van der Waals surface area contributed by atoms with Crippen LogP contribution < -0.4 is 9.21 Å². The summed E-state index contributed by atoms with van der Waals surface area (Å²) in [6.45, 7) is 1.88. The number of carbonyl (C=O) groups is 1. The lowest BCUT2D eigenvalue weighted by atomic mass is 9.78. The largest absolute Gasteiger partial charge is 0.393 e. The van der Waals surface area contributed by atoms with Gasteiger partial charge < -0.3 is 14.9 Å². The highest BCUT2D eigenvalue weighted by Crippen LogP contribution is 2.44. The smallest absolute Gasteiger partial charge is 0.231 e. The van der Waals surface area contributed by atoms with Crippen LogP contribution in [-0.4, -0.2) is 69.4 Å². The first-order chi connectivity index (χ1) is 14.6. The minimum Gasteiger partial charge on any atom is -0.393 e. The number of aliphatic hydroxyl groups is 1. The minimum absolute atomic E-state index is 0.174. The molecule has 1 atom stereocenters. The topological polar surface area (TPSA) is 81.2 Å². The zero-order valence-corrected chi connectivity index (χ0v) is 19.1. The Morgan fingerprint density at radius 1 is 1.16 bits per heavy atom. The summed E-state index contributed by atoms with van der Waals surface area (Å²) in [5, 5.41) is 9.78. The van der Waals surface area contributed by atoms with Crippen LogP contribution in [0.2, 0.25) is 0 Å². The number of nitrogens with zero attached hydrogens (tertiary/aromatic N) is 3. The molecule has 1 N–H and O–H groups in total. The second-order valence-electron chi connectivity index (χ2n) is 9.38. The van der Waals surface area contributed by atoms with Crippen molar-refractivity contribution < 1.29 is 22.7 Å². The van der Waals surface area contributed by atoms with Crippen LogP contribution in [0.5, 0.6) is 0 Å². The molecule has 1 aromatic rings. The predicted octanol–water partition coefficient (Wildman–Crippen LogP) is 2.34. The second-order valence-corrected chi connectivity index (χ2v) is 11.4. The summed E-state index contributed by atoms with van der Waals surface area (Å²) in [5.41, 5.74) is 0.207. The van der Waals surface area contributed by atoms with Crippen LogP contribution >= 0.6 is 0 Å². The fourth-order valence-electron chi connectivity index (χ4n) is 5.42. The molecule has 3 fully saturated rings. The molecule has 1 aliphatic carbocycles. The van der Waals surface area contributed by atoms with Gasteiger partial charge in [0.15, 0.2) is 0 Å². The summed E-state index contributed by atoms with van der Waals surface area (Å²) in [6, 6.07) is 4.67. The molecule has 2 aliphatic heterocycles. The Balaban J connectivity index is 1.51. The molecule has 7 nitrogen and oxygen atoms in total. The lowest BCUT2D eigenvalue weighted by Gasteiger charge is -2.41. The van der Waals surface area contributed by atoms with Gasteiger partial charge in [0.1, 0.15) is 5.82 Å². The molecule has 2 heterocycles. The lowest BCUT2D eigenvalue weighted by molar-refractivity contribution is -0.139. The van der Waals surface area contributed by atoms with Crippen molar-refractivity contribution in [1.82, 2.24) is 4.90 Å². The molecule has 3 aliphatic rings. The number of hydrogen-bond acceptors (Lipinski definition) is 5. The molecule has 9 heteroatoms. The number of amides is 1. The Morgan fingerprint density at radius 2 is 1.87 bits per heavy atom. The monoisotopic (exact) mass is 453 g/mol. The third-order valence-corrected chi connectivity index (χ3v) is 8.57. The summed E-state index contributed by atoms with van der Waals surface area (Å²) in [6.07, 6.45) is 6.40. The summed E-state index contributed by atoms with van der Waals surface area (Å²) in [7, 11) is -2.07. The number of aliphatic hydroxyl groups excluding tert-OH is 1. The van der Waals surface area contributed by atoms with Crippen LogP contribution in [0.4, 0.5) is 15.8 Å². The number of likely N-dealkylation sites (tertiary alicyclic amines) is 1. The van der Waals surface area contributed by atoms with Crippen molar-refractivity contribution in [2.24, 2.45) is 5.41 Å². The number of rotatable bonds is 4. The molecule has 2 saturated heterocycles. The quantitative estimate of drug-likeness (QED) is 0.757. The van der Waals surface area contributed by atoms with Crippen molar-refractivity contribution in [1.29, 1.82) is 0 Å². The van der Waals surface area contributed by atoms with E-state index in [4.69, 9.17) is 0 Å². The van der Waals surface area contributed by atoms with Gasteiger partial charge in [0, 0.05) is 38.8 Å². The Morgan fingerprint density at radius 3 is 2.52 bits per heavy atom. The van der Waals surface area contributed by atoms with E-state index in [0.29, 0.717) is 18.8 Å². The van der Waals surface area contributed by atoms with E-state index >= 15 is 0 Å². The van der Waals surface area contributed by atoms with Gasteiger partial charge in [-0.3, -0.25) is 9.10 Å². The fraction of sp³-hybridized carbons (Fsp3) is 0.682. The maximum Gasteiger partial charge on any atom is 0.231 e. The third kappa shape index (κ3) is 4.26. The zero-order valence-electron chi connectivity index (χ0n) is 18.3. The maximum absolute atomic E-state index is 15.0. The molecular weight excluding hydrogens is 421 g/mol. The molecule has 1 amide bonds. The van der Waals surface area contributed by atoms with Crippen molar-refractivity contribution in [2.75, 3.05) is 42.1 Å². The molecule has 0 unspecified atom stereocenters. The highest BCUT2D eigenvalue weighted by molar-refractivity contribution is 7.92. The van der Waals surface area contributed by atoms with E-state index in [1.165, 1.54) is 13.1 Å². The van der Waals surface area contributed by atoms with Crippen molar-refractivity contribution in [3.8, 4) is 0 Å². The van der Waals surface area contributed by atoms with Gasteiger partial charge in [-0.05, 0) is 57.1 Å². The Hall–Kier alpha value is -1.87. The van der Waals surface area contributed by atoms with Crippen molar-refractivity contribution >= 4 is 27.3 Å². The zero-order chi connectivity index (χ0) is 22.4. The predicted molar refractivity (Wildman–Crippen MR) is 118 cm³/mol. The van der Waals surface area contributed by atoms with Crippen LogP contribution in [0.3, 0.4) is 0 Å². The Kier molecular flexibility index (Phi) is 5.93. The van der Waals surface area contributed by atoms with E-state index in [0.717, 1.165) is 62.1 Å². The first kappa shape index (κ1) is 22.3. The normalized spacial score (nSPS) is 29.6. The van der Waals surface area contributed by atoms with E-state index in [2.05, 4.69) is 0 Å². The number of hydrogen-bond donors (Lipinski definition) is 1. The molecular formula is C22H32FN3O4S. The van der Waals surface area contributed by atoms with Gasteiger partial charge in [-0.25, -0.2) is 12.8 Å². The summed E-state index contributed by atoms with van der Waals surface area (Å²) in [4.78, 5) is 17.4. The minimum atomic E-state index is -3.47. The molecule has 172 valence electrons. The number of anilines is 2. The van der Waals surface area contributed by atoms with Gasteiger partial charge in [-0.15, -0.1) is 0 Å². The third-order valence-electron chi connectivity index (χ3n) is 7.36. The van der Waals surface area contributed by atoms with Gasteiger partial charge >= 0.3 is 0 Å². The van der Waals surface area contributed by atoms with Gasteiger partial charge in [0.25, 0.3) is 0 Å². The van der Waals surface area contributed by atoms with Crippen molar-refractivity contribution in [3.05, 3.63) is 24.0 Å². The average Bonchev–Trinajstić information content (AvgIpc) is 3.03. The van der Waals surface area contributed by atoms with E-state index in [-0.39, 0.29) is 23.7 Å². The lowest BCUT2D eigenvalue weighted by Crippen LogP contribution is -2.50. The van der Waals surface area contributed by atoms with Crippen molar-refractivity contribution in [2.45, 2.75) is 57.1 Å². The first-order valence-corrected chi connectivity index (χ1v) is 12.9. The number of carbonyl (C=O) groups excluding carboxylic acids is 1. The SMILES string of the molecule is CN(c1ccc(N2CCC[C@@]3(CCN([C@H]4CC[C@H](O)CC4)C3=O)C2)c(F)c1)S(C)(=O)=O. The average molecular weight is 454 g/mol. The molecule has 1 saturated carbocycles. The van der Waals surface area contributed by atoms with Crippen LogP contribution in [-0.2, 0) is 14.8 Å². The van der Waals surface area contributed by atoms with E-state index < -0.39 is 21.3 Å². The first-order valence-electron chi connectivity index (χ1n) is 11.1. The van der Waals surface area contributed by atoms with Crippen molar-refractivity contribution in [3.63, 3.8) is 0 Å². The Labute approximate surface area is 183 Å². The second kappa shape index (κ2) is 8.24. The van der Waals surface area contributed by atoms with Crippen LogP contribution in [0.25, 0.3) is 0 Å². The summed E-state index contributed by atoms with van der Waals surface area (Å²) < 4.78 is 39.5. The van der Waals surface area contributed by atoms with E-state index in [9.17, 15) is 22.7 Å². The van der Waals surface area contributed by atoms with Gasteiger partial charge in [0.2, 0.25) is 15.9 Å². The molecule has 1 aromatic carbocycles. The standard InChI is InChI=1S/C22H32FN3O4S/c1-24(31(2,29)30)17-6-9-20(19(23)14-17)25-12-3-10-22(15-25)11-13-26(21(22)28)16-4-7-18(27)8-5-16/h6,9,14,16,18,27H,3-5,7-8,10-13,15H2,1-2H3/t16-,18-,22-/m1/s1. The highest BCUT2D eigenvalue weighted by atomic mass is 32.2. The molecule has 1 spiro atoms. The summed E-state index contributed by atoms with van der Waals surface area (Å²) >= 11 is 0. The van der Waals surface area contributed by atoms with Crippen LogP contribution in [0.1, 0.15) is 44.9 Å². The number of benzene rings is 1. The van der Waals surface area contributed by atoms with E-state index in [1.807, 2.05) is 9.80 Å². The number of halogens is 1. The van der Waals surface area contributed by atoms with Gasteiger partial charge in [-0.1, -0.05) is 0 Å². The van der Waals surface area contributed by atoms with Crippen LogP contribution in [0, 0.1) is 11.2 Å². The van der Waals surface area contributed by atoms with Crippen LogP contribution in [0.15, 0.2) is 18.2 Å². The molecule has 4 rings (SSSR count). The van der Waals surface area contributed by atoms with Gasteiger partial charge in [-0.2, -0.15) is 0 Å². The number of sulfonamides is 1.